The normalized spacial score (nSPS) is 18.0. The third-order valence-electron chi connectivity index (χ3n) is 1.85. The van der Waals surface area contributed by atoms with Gasteiger partial charge in [-0.15, -0.1) is 0 Å². The minimum absolute atomic E-state index is 0.417. The van der Waals surface area contributed by atoms with Crippen LogP contribution in [0.1, 0.15) is 33.6 Å². The van der Waals surface area contributed by atoms with Crippen LogP contribution in [0.3, 0.4) is 0 Å². The zero-order valence-electron chi connectivity index (χ0n) is 6.15. The molecule has 1 heteroatoms. The summed E-state index contributed by atoms with van der Waals surface area (Å²) in [6.45, 7) is 6.52. The molecule has 0 radical (unpaired) electrons. The number of hydrogen-bond donors (Lipinski definition) is 1. The molecule has 0 rings (SSSR count). The first-order valence-corrected chi connectivity index (χ1v) is 3.47. The largest absolute Gasteiger partial charge is 0.327 e. The molecule has 0 aromatic rings. The van der Waals surface area contributed by atoms with Gasteiger partial charge in [-0.05, 0) is 12.3 Å². The molecule has 1 nitrogen and oxygen atoms in total. The van der Waals surface area contributed by atoms with E-state index in [0.717, 1.165) is 6.42 Å². The van der Waals surface area contributed by atoms with Crippen LogP contribution in [-0.2, 0) is 0 Å². The lowest BCUT2D eigenvalue weighted by Crippen LogP contribution is -2.26. The highest BCUT2D eigenvalue weighted by Gasteiger charge is 2.05. The average molecular weight is 115 g/mol. The number of hydrogen-bond acceptors (Lipinski definition) is 1. The fourth-order valence-electron chi connectivity index (χ4n) is 0.705. The molecule has 2 atom stereocenters. The van der Waals surface area contributed by atoms with Crippen molar-refractivity contribution in [2.45, 2.75) is 39.7 Å². The van der Waals surface area contributed by atoms with Gasteiger partial charge in [0.1, 0.15) is 0 Å². The first kappa shape index (κ1) is 7.96. The van der Waals surface area contributed by atoms with Gasteiger partial charge in [0.25, 0.3) is 0 Å². The van der Waals surface area contributed by atoms with Crippen molar-refractivity contribution in [3.63, 3.8) is 0 Å². The summed E-state index contributed by atoms with van der Waals surface area (Å²) in [6, 6.07) is 0.417. The molecule has 8 heavy (non-hydrogen) atoms. The van der Waals surface area contributed by atoms with Gasteiger partial charge in [0, 0.05) is 6.04 Å². The molecule has 0 aromatic heterocycles. The first-order valence-electron chi connectivity index (χ1n) is 3.47. The van der Waals surface area contributed by atoms with Crippen molar-refractivity contribution in [3.05, 3.63) is 0 Å². The van der Waals surface area contributed by atoms with Crippen LogP contribution >= 0.6 is 0 Å². The molecule has 0 amide bonds. The molecule has 0 aliphatic carbocycles. The van der Waals surface area contributed by atoms with Crippen molar-refractivity contribution in [2.24, 2.45) is 11.7 Å². The number of rotatable bonds is 3. The quantitative estimate of drug-likeness (QED) is 0.596. The molecule has 0 fully saturated rings. The molecule has 50 valence electrons. The Morgan fingerprint density at radius 3 is 1.88 bits per heavy atom. The average Bonchev–Trinajstić information content (AvgIpc) is 1.84. The topological polar surface area (TPSA) is 26.0 Å². The van der Waals surface area contributed by atoms with Crippen molar-refractivity contribution >= 4 is 0 Å². The fraction of sp³-hybridized carbons (Fsp3) is 1.00. The van der Waals surface area contributed by atoms with E-state index >= 15 is 0 Å². The Morgan fingerprint density at radius 2 is 1.75 bits per heavy atom. The fourth-order valence-corrected chi connectivity index (χ4v) is 0.705. The zero-order chi connectivity index (χ0) is 6.57. The monoisotopic (exact) mass is 115 g/mol. The number of nitrogens with two attached hydrogens (primary N) is 1. The van der Waals surface area contributed by atoms with Crippen molar-refractivity contribution < 1.29 is 0 Å². The lowest BCUT2D eigenvalue weighted by molar-refractivity contribution is 0.432. The zero-order valence-corrected chi connectivity index (χ0v) is 6.15. The van der Waals surface area contributed by atoms with Gasteiger partial charge in [-0.25, -0.2) is 0 Å². The molecule has 0 heterocycles. The van der Waals surface area contributed by atoms with Crippen LogP contribution in [0.5, 0.6) is 0 Å². The van der Waals surface area contributed by atoms with E-state index in [4.69, 9.17) is 5.73 Å². The molecule has 0 saturated heterocycles. The Bertz CT molecular complexity index is 44.3. The molecular formula is C7H17N. The maximum Gasteiger partial charge on any atom is 0.00618 e. The molecule has 0 aromatic carbocycles. The van der Waals surface area contributed by atoms with Crippen molar-refractivity contribution in [1.29, 1.82) is 0 Å². The third-order valence-corrected chi connectivity index (χ3v) is 1.85. The van der Waals surface area contributed by atoms with Crippen LogP contribution in [0, 0.1) is 5.92 Å². The second-order valence-corrected chi connectivity index (χ2v) is 2.46. The van der Waals surface area contributed by atoms with E-state index in [9.17, 15) is 0 Å². The summed E-state index contributed by atoms with van der Waals surface area (Å²) in [7, 11) is 0. The second kappa shape index (κ2) is 3.90. The van der Waals surface area contributed by atoms with Gasteiger partial charge in [-0.2, -0.15) is 0 Å². The molecule has 0 unspecified atom stereocenters. The van der Waals surface area contributed by atoms with Crippen LogP contribution in [0.4, 0.5) is 0 Å². The van der Waals surface area contributed by atoms with E-state index in [2.05, 4.69) is 20.8 Å². The minimum atomic E-state index is 0.417. The summed E-state index contributed by atoms with van der Waals surface area (Å²) < 4.78 is 0. The van der Waals surface area contributed by atoms with Gasteiger partial charge >= 0.3 is 0 Å². The van der Waals surface area contributed by atoms with Crippen LogP contribution in [0.2, 0.25) is 0 Å². The Kier molecular flexibility index (Phi) is 3.88. The van der Waals surface area contributed by atoms with Crippen LogP contribution in [0.15, 0.2) is 0 Å². The van der Waals surface area contributed by atoms with Crippen molar-refractivity contribution in [2.75, 3.05) is 0 Å². The van der Waals surface area contributed by atoms with Gasteiger partial charge in [-0.1, -0.05) is 27.2 Å². The second-order valence-electron chi connectivity index (χ2n) is 2.46. The third kappa shape index (κ3) is 2.31. The summed E-state index contributed by atoms with van der Waals surface area (Å²) in [5.74, 6) is 0.694. The highest BCUT2D eigenvalue weighted by molar-refractivity contribution is 4.64. The lowest BCUT2D eigenvalue weighted by Gasteiger charge is -2.14. The summed E-state index contributed by atoms with van der Waals surface area (Å²) in [5.41, 5.74) is 5.73. The first-order chi connectivity index (χ1) is 3.72. The van der Waals surface area contributed by atoms with Crippen LogP contribution in [0.25, 0.3) is 0 Å². The van der Waals surface area contributed by atoms with Crippen molar-refractivity contribution in [1.82, 2.24) is 0 Å². The van der Waals surface area contributed by atoms with E-state index in [1.807, 2.05) is 0 Å². The van der Waals surface area contributed by atoms with Gasteiger partial charge < -0.3 is 5.73 Å². The highest BCUT2D eigenvalue weighted by Crippen LogP contribution is 2.06. The molecule has 0 aliphatic heterocycles. The summed E-state index contributed by atoms with van der Waals surface area (Å²) >= 11 is 0. The van der Waals surface area contributed by atoms with Crippen LogP contribution in [-0.4, -0.2) is 6.04 Å². The maximum absolute atomic E-state index is 5.73. The smallest absolute Gasteiger partial charge is 0.00618 e. The minimum Gasteiger partial charge on any atom is -0.327 e. The van der Waals surface area contributed by atoms with E-state index in [-0.39, 0.29) is 0 Å². The van der Waals surface area contributed by atoms with Crippen LogP contribution < -0.4 is 5.73 Å². The Morgan fingerprint density at radius 1 is 1.25 bits per heavy atom. The molecule has 0 spiro atoms. The van der Waals surface area contributed by atoms with E-state index < -0.39 is 0 Å². The molecule has 0 saturated carbocycles. The standard InChI is InChI=1S/C7H17N/c1-4-6(3)7(8)5-2/h6-7H,4-5,8H2,1-3H3/t6-,7+/m1/s1. The Labute approximate surface area is 52.3 Å². The summed E-state index contributed by atoms with van der Waals surface area (Å²) in [6.07, 6.45) is 2.31. The predicted molar refractivity (Wildman–Crippen MR) is 37.7 cm³/mol. The Balaban J connectivity index is 3.29. The van der Waals surface area contributed by atoms with E-state index in [0.29, 0.717) is 12.0 Å². The van der Waals surface area contributed by atoms with Gasteiger partial charge in [0.15, 0.2) is 0 Å². The molecule has 2 N–H and O–H groups in total. The summed E-state index contributed by atoms with van der Waals surface area (Å²) in [4.78, 5) is 0. The SMILES string of the molecule is CC[C@@H](C)[C@@H](N)CC. The van der Waals surface area contributed by atoms with E-state index in [1.165, 1.54) is 6.42 Å². The Hall–Kier alpha value is -0.0400. The maximum atomic E-state index is 5.73. The van der Waals surface area contributed by atoms with Gasteiger partial charge in [0.05, 0.1) is 0 Å². The van der Waals surface area contributed by atoms with E-state index in [1.54, 1.807) is 0 Å². The molecular weight excluding hydrogens is 98.1 g/mol. The van der Waals surface area contributed by atoms with Gasteiger partial charge in [-0.3, -0.25) is 0 Å². The highest BCUT2D eigenvalue weighted by atomic mass is 14.6. The molecule has 0 aliphatic rings. The lowest BCUT2D eigenvalue weighted by atomic mass is 9.98. The van der Waals surface area contributed by atoms with Crippen molar-refractivity contribution in [3.8, 4) is 0 Å². The molecule has 0 bridgehead atoms. The summed E-state index contributed by atoms with van der Waals surface area (Å²) in [5, 5.41) is 0. The predicted octanol–water partition coefficient (Wildman–Crippen LogP) is 1.77. The van der Waals surface area contributed by atoms with Gasteiger partial charge in [0.2, 0.25) is 0 Å².